The van der Waals surface area contributed by atoms with Gasteiger partial charge in [-0.3, -0.25) is 10.1 Å². The first-order valence-electron chi connectivity index (χ1n) is 5.31. The summed E-state index contributed by atoms with van der Waals surface area (Å²) >= 11 is 4.59. The van der Waals surface area contributed by atoms with Crippen molar-refractivity contribution in [1.82, 2.24) is 4.98 Å². The zero-order chi connectivity index (χ0) is 13.8. The Balaban J connectivity index is 2.13. The van der Waals surface area contributed by atoms with Crippen LogP contribution < -0.4 is 5.32 Å². The number of thiazole rings is 1. The molecule has 1 amide bonds. The summed E-state index contributed by atoms with van der Waals surface area (Å²) in [6.45, 7) is 1.63. The molecule has 0 bridgehead atoms. The maximum atomic E-state index is 12.0. The number of carbonyl (C=O) groups is 1. The van der Waals surface area contributed by atoms with Gasteiger partial charge in [0.25, 0.3) is 5.91 Å². The van der Waals surface area contributed by atoms with E-state index in [-0.39, 0.29) is 5.91 Å². The van der Waals surface area contributed by atoms with Crippen LogP contribution in [0, 0.1) is 0 Å². The van der Waals surface area contributed by atoms with Crippen LogP contribution in [0.15, 0.2) is 39.3 Å². The number of rotatable bonds is 3. The van der Waals surface area contributed by atoms with Crippen molar-refractivity contribution in [2.24, 2.45) is 5.16 Å². The van der Waals surface area contributed by atoms with Crippen molar-refractivity contribution in [1.29, 1.82) is 0 Å². The quantitative estimate of drug-likeness (QED) is 0.511. The van der Waals surface area contributed by atoms with Gasteiger partial charge in [-0.25, -0.2) is 4.98 Å². The number of anilines is 1. The number of oxime groups is 1. The predicted octanol–water partition coefficient (Wildman–Crippen LogP) is 3.36. The molecule has 0 spiro atoms. The molecule has 1 aromatic carbocycles. The molecule has 0 aliphatic carbocycles. The molecule has 0 saturated carbocycles. The molecule has 7 heteroatoms. The Morgan fingerprint density at radius 2 is 2.32 bits per heavy atom. The summed E-state index contributed by atoms with van der Waals surface area (Å²) in [5.74, 6) is -0.235. The first kappa shape index (κ1) is 13.7. The van der Waals surface area contributed by atoms with E-state index in [4.69, 9.17) is 5.21 Å². The summed E-state index contributed by atoms with van der Waals surface area (Å²) in [5, 5.41) is 16.6. The van der Waals surface area contributed by atoms with Crippen LogP contribution in [0.4, 0.5) is 5.13 Å². The van der Waals surface area contributed by atoms with Crippen LogP contribution in [-0.2, 0) is 0 Å². The van der Waals surface area contributed by atoms with Gasteiger partial charge >= 0.3 is 0 Å². The number of benzene rings is 1. The van der Waals surface area contributed by atoms with E-state index in [9.17, 15) is 4.79 Å². The van der Waals surface area contributed by atoms with Gasteiger partial charge in [-0.15, -0.1) is 11.3 Å². The lowest BCUT2D eigenvalue weighted by Crippen LogP contribution is -2.11. The smallest absolute Gasteiger partial charge is 0.257 e. The summed E-state index contributed by atoms with van der Waals surface area (Å²) in [6, 6.07) is 7.08. The number of halogens is 1. The lowest BCUT2D eigenvalue weighted by Gasteiger charge is -2.01. The van der Waals surface area contributed by atoms with Crippen molar-refractivity contribution in [3.8, 4) is 0 Å². The fourth-order valence-electron chi connectivity index (χ4n) is 1.35. The molecule has 0 fully saturated rings. The number of aromatic nitrogens is 1. The molecule has 2 N–H and O–H groups in total. The summed E-state index contributed by atoms with van der Waals surface area (Å²) in [5.41, 5.74) is 1.48. The normalized spacial score (nSPS) is 11.4. The third-order valence-electron chi connectivity index (χ3n) is 2.33. The molecule has 1 aromatic heterocycles. The highest BCUT2D eigenvalue weighted by molar-refractivity contribution is 9.10. The van der Waals surface area contributed by atoms with E-state index in [1.807, 2.05) is 6.07 Å². The van der Waals surface area contributed by atoms with Crippen molar-refractivity contribution in [3.05, 3.63) is 45.4 Å². The van der Waals surface area contributed by atoms with E-state index in [1.165, 1.54) is 11.3 Å². The highest BCUT2D eigenvalue weighted by Crippen LogP contribution is 2.18. The highest BCUT2D eigenvalue weighted by Gasteiger charge is 2.10. The second kappa shape index (κ2) is 5.94. The molecule has 0 aliphatic rings. The number of carbonyl (C=O) groups excluding carboxylic acids is 1. The number of amides is 1. The lowest BCUT2D eigenvalue weighted by molar-refractivity contribution is 0.102. The van der Waals surface area contributed by atoms with E-state index >= 15 is 0 Å². The number of nitrogens with zero attached hydrogens (tertiary/aromatic N) is 2. The average molecular weight is 340 g/mol. The van der Waals surface area contributed by atoms with Crippen LogP contribution in [0.3, 0.4) is 0 Å². The molecule has 0 aliphatic heterocycles. The molecule has 0 radical (unpaired) electrons. The number of nitrogens with one attached hydrogen (secondary N) is 1. The minimum Gasteiger partial charge on any atom is -0.411 e. The fraction of sp³-hybridized carbons (Fsp3) is 0.0833. The first-order valence-corrected chi connectivity index (χ1v) is 6.99. The van der Waals surface area contributed by atoms with E-state index < -0.39 is 0 Å². The van der Waals surface area contributed by atoms with Crippen LogP contribution in [0.25, 0.3) is 0 Å². The minimum absolute atomic E-state index is 0.235. The zero-order valence-corrected chi connectivity index (χ0v) is 12.3. The number of hydrogen-bond donors (Lipinski definition) is 2. The van der Waals surface area contributed by atoms with Crippen LogP contribution in [-0.4, -0.2) is 21.8 Å². The van der Waals surface area contributed by atoms with Gasteiger partial charge in [-0.2, -0.15) is 0 Å². The number of hydrogen-bond acceptors (Lipinski definition) is 5. The Labute approximate surface area is 122 Å². The second-order valence-corrected chi connectivity index (χ2v) is 5.46. The van der Waals surface area contributed by atoms with Crippen LogP contribution in [0.5, 0.6) is 0 Å². The SMILES string of the molecule is CC(=NO)c1csc(NC(=O)c2cccc(Br)c2)n1. The van der Waals surface area contributed by atoms with Gasteiger partial charge in [0, 0.05) is 15.4 Å². The van der Waals surface area contributed by atoms with E-state index in [1.54, 1.807) is 30.5 Å². The molecule has 2 rings (SSSR count). The molecule has 0 saturated heterocycles. The van der Waals surface area contributed by atoms with Crippen molar-refractivity contribution in [2.45, 2.75) is 6.92 Å². The van der Waals surface area contributed by atoms with Gasteiger partial charge in [-0.1, -0.05) is 27.2 Å². The van der Waals surface area contributed by atoms with Crippen molar-refractivity contribution in [3.63, 3.8) is 0 Å². The molecule has 1 heterocycles. The van der Waals surface area contributed by atoms with Crippen LogP contribution in [0.1, 0.15) is 23.0 Å². The van der Waals surface area contributed by atoms with Gasteiger partial charge in [0.1, 0.15) is 11.4 Å². The van der Waals surface area contributed by atoms with E-state index in [0.717, 1.165) is 4.47 Å². The summed E-state index contributed by atoms with van der Waals surface area (Å²) in [4.78, 5) is 16.1. The Kier molecular flexibility index (Phi) is 4.28. The Bertz CT molecular complexity index is 639. The third-order valence-corrected chi connectivity index (χ3v) is 3.58. The topological polar surface area (TPSA) is 74.6 Å². The second-order valence-electron chi connectivity index (χ2n) is 3.69. The maximum absolute atomic E-state index is 12.0. The van der Waals surface area contributed by atoms with Crippen molar-refractivity contribution >= 4 is 44.0 Å². The largest absolute Gasteiger partial charge is 0.411 e. The van der Waals surface area contributed by atoms with Gasteiger partial charge in [-0.05, 0) is 25.1 Å². The Morgan fingerprint density at radius 3 is 3.00 bits per heavy atom. The van der Waals surface area contributed by atoms with Crippen LogP contribution in [0.2, 0.25) is 0 Å². The standard InChI is InChI=1S/C12H10BrN3O2S/c1-7(16-18)10-6-19-12(14-10)15-11(17)8-3-2-4-9(13)5-8/h2-6,18H,1H3,(H,14,15,17). The Morgan fingerprint density at radius 1 is 1.53 bits per heavy atom. The van der Waals surface area contributed by atoms with E-state index in [0.29, 0.717) is 22.1 Å². The molecular formula is C12H10BrN3O2S. The van der Waals surface area contributed by atoms with Gasteiger partial charge < -0.3 is 5.21 Å². The maximum Gasteiger partial charge on any atom is 0.257 e. The minimum atomic E-state index is -0.235. The zero-order valence-electron chi connectivity index (χ0n) is 9.92. The molecular weight excluding hydrogens is 330 g/mol. The van der Waals surface area contributed by atoms with Gasteiger partial charge in [0.15, 0.2) is 5.13 Å². The van der Waals surface area contributed by atoms with Crippen molar-refractivity contribution in [2.75, 3.05) is 5.32 Å². The molecule has 2 aromatic rings. The lowest BCUT2D eigenvalue weighted by atomic mass is 10.2. The average Bonchev–Trinajstić information content (AvgIpc) is 2.86. The summed E-state index contributed by atoms with van der Waals surface area (Å²) in [7, 11) is 0. The van der Waals surface area contributed by atoms with Gasteiger partial charge in [0.2, 0.25) is 0 Å². The van der Waals surface area contributed by atoms with Gasteiger partial charge in [0.05, 0.1) is 0 Å². The third kappa shape index (κ3) is 3.39. The highest BCUT2D eigenvalue weighted by atomic mass is 79.9. The summed E-state index contributed by atoms with van der Waals surface area (Å²) < 4.78 is 0.836. The summed E-state index contributed by atoms with van der Waals surface area (Å²) in [6.07, 6.45) is 0. The molecule has 98 valence electrons. The van der Waals surface area contributed by atoms with Crippen molar-refractivity contribution < 1.29 is 10.0 Å². The molecule has 19 heavy (non-hydrogen) atoms. The molecule has 0 atom stereocenters. The van der Waals surface area contributed by atoms with Crippen LogP contribution >= 0.6 is 27.3 Å². The monoisotopic (exact) mass is 339 g/mol. The first-order chi connectivity index (χ1) is 9.10. The predicted molar refractivity (Wildman–Crippen MR) is 78.2 cm³/mol. The molecule has 0 unspecified atom stereocenters. The van der Waals surface area contributed by atoms with E-state index in [2.05, 4.69) is 31.4 Å². The fourth-order valence-corrected chi connectivity index (χ4v) is 2.50. The molecule has 5 nitrogen and oxygen atoms in total. The Hall–Kier alpha value is -1.73.